The number of pyridine rings is 1. The molecule has 2 aromatic rings. The molecule has 0 amide bonds. The second-order valence-corrected chi connectivity index (χ2v) is 6.70. The van der Waals surface area contributed by atoms with Gasteiger partial charge in [-0.05, 0) is 19.4 Å². The van der Waals surface area contributed by atoms with Crippen molar-refractivity contribution < 1.29 is 14.1 Å². The van der Waals surface area contributed by atoms with E-state index in [4.69, 9.17) is 15.7 Å². The predicted octanol–water partition coefficient (Wildman–Crippen LogP) is 2.71. The fourth-order valence-corrected chi connectivity index (χ4v) is 3.91. The zero-order valence-electron chi connectivity index (χ0n) is 12.3. The fraction of sp³-hybridized carbons (Fsp3) is 0.267. The molecule has 0 spiro atoms. The largest absolute Gasteiger partial charge is 0.462 e. The summed E-state index contributed by atoms with van der Waals surface area (Å²) in [4.78, 5) is 12.4. The van der Waals surface area contributed by atoms with E-state index in [2.05, 4.69) is 6.07 Å². The number of carbonyl (C=O) groups is 1. The van der Waals surface area contributed by atoms with Gasteiger partial charge in [0.25, 0.3) is 5.69 Å². The summed E-state index contributed by atoms with van der Waals surface area (Å²) in [5.74, 6) is -0.135. The Morgan fingerprint density at radius 3 is 2.77 bits per heavy atom. The second kappa shape index (κ2) is 7.29. The number of nitrogens with two attached hydrogens (primary N) is 1. The van der Waals surface area contributed by atoms with Crippen molar-refractivity contribution in [3.63, 3.8) is 0 Å². The highest BCUT2D eigenvalue weighted by atomic mass is 32.2. The molecule has 0 bridgehead atoms. The summed E-state index contributed by atoms with van der Waals surface area (Å²) in [5.41, 5.74) is 8.41. The highest BCUT2D eigenvalue weighted by Gasteiger charge is 2.28. The van der Waals surface area contributed by atoms with Gasteiger partial charge in [0.1, 0.15) is 14.8 Å². The van der Waals surface area contributed by atoms with E-state index in [0.29, 0.717) is 22.9 Å². The van der Waals surface area contributed by atoms with Crippen LogP contribution in [0.1, 0.15) is 22.2 Å². The van der Waals surface area contributed by atoms with Crippen molar-refractivity contribution in [1.29, 1.82) is 5.26 Å². The van der Waals surface area contributed by atoms with Crippen molar-refractivity contribution in [3.05, 3.63) is 35.0 Å². The van der Waals surface area contributed by atoms with Crippen molar-refractivity contribution in [3.8, 4) is 11.8 Å². The minimum Gasteiger partial charge on any atom is -0.462 e. The Morgan fingerprint density at radius 2 is 2.18 bits per heavy atom. The number of hydrogen-bond donors (Lipinski definition) is 1. The van der Waals surface area contributed by atoms with E-state index in [-0.39, 0.29) is 0 Å². The van der Waals surface area contributed by atoms with Gasteiger partial charge in [0.15, 0.2) is 12.4 Å². The Balaban J connectivity index is 2.52. The van der Waals surface area contributed by atoms with Gasteiger partial charge in [0, 0.05) is 12.1 Å². The first-order chi connectivity index (χ1) is 10.6. The molecule has 0 saturated carbocycles. The number of thiophene rings is 1. The van der Waals surface area contributed by atoms with Crippen molar-refractivity contribution in [2.24, 2.45) is 0 Å². The molecule has 7 heteroatoms. The van der Waals surface area contributed by atoms with Crippen LogP contribution in [0.5, 0.6) is 0 Å². The van der Waals surface area contributed by atoms with Crippen LogP contribution in [-0.2, 0) is 4.74 Å². The Morgan fingerprint density at radius 1 is 1.50 bits per heavy atom. The van der Waals surface area contributed by atoms with E-state index < -0.39 is 5.97 Å². The predicted molar refractivity (Wildman–Crippen MR) is 87.3 cm³/mol. The number of nitrogens with zero attached hydrogens (tertiary/aromatic N) is 2. The number of carbonyl (C=O) groups excluding carboxylic acids is 1. The number of ether oxygens (including phenoxy) is 1. The van der Waals surface area contributed by atoms with Gasteiger partial charge in [0.2, 0.25) is 0 Å². The first-order valence-corrected chi connectivity index (χ1v) is 8.46. The number of nitrogen functional groups attached to an aromatic ring is 1. The summed E-state index contributed by atoms with van der Waals surface area (Å²) in [7, 11) is 0. The Hall–Kier alpha value is -2.04. The number of anilines is 1. The lowest BCUT2D eigenvalue weighted by Gasteiger charge is -2.00. The van der Waals surface area contributed by atoms with E-state index >= 15 is 0 Å². The minimum absolute atomic E-state index is 0.293. The lowest BCUT2D eigenvalue weighted by atomic mass is 10.3. The third-order valence-corrected chi connectivity index (χ3v) is 5.17. The van der Waals surface area contributed by atoms with Gasteiger partial charge < -0.3 is 10.5 Å². The second-order valence-electron chi connectivity index (χ2n) is 4.43. The van der Waals surface area contributed by atoms with Gasteiger partial charge in [-0.1, -0.05) is 11.8 Å². The highest BCUT2D eigenvalue weighted by molar-refractivity contribution is 8.01. The zero-order valence-corrected chi connectivity index (χ0v) is 14.0. The molecule has 0 fully saturated rings. The highest BCUT2D eigenvalue weighted by Crippen LogP contribution is 2.38. The molecule has 2 heterocycles. The third-order valence-electron chi connectivity index (χ3n) is 2.87. The normalized spacial score (nSPS) is 10.2. The Labute approximate surface area is 137 Å². The molecule has 114 valence electrons. The number of hydrogen-bond acceptors (Lipinski definition) is 6. The molecule has 0 aliphatic rings. The van der Waals surface area contributed by atoms with E-state index in [1.165, 1.54) is 23.1 Å². The number of aryl methyl sites for hydroxylation is 1. The number of thioether (sulfide) groups is 1. The summed E-state index contributed by atoms with van der Waals surface area (Å²) < 4.78 is 7.74. The van der Waals surface area contributed by atoms with Crippen LogP contribution in [0.2, 0.25) is 0 Å². The summed E-state index contributed by atoms with van der Waals surface area (Å²) in [6, 6.07) is 6.01. The monoisotopic (exact) mass is 334 g/mol. The van der Waals surface area contributed by atoms with E-state index in [1.807, 2.05) is 36.0 Å². The van der Waals surface area contributed by atoms with Crippen LogP contribution >= 0.6 is 23.1 Å². The topological polar surface area (TPSA) is 80.0 Å². The maximum Gasteiger partial charge on any atom is 0.350 e. The quantitative estimate of drug-likeness (QED) is 0.516. The van der Waals surface area contributed by atoms with Crippen molar-refractivity contribution in [2.75, 3.05) is 18.1 Å². The maximum absolute atomic E-state index is 12.0. The number of nitriles is 1. The van der Waals surface area contributed by atoms with Crippen LogP contribution in [0.4, 0.5) is 5.69 Å². The molecule has 22 heavy (non-hydrogen) atoms. The van der Waals surface area contributed by atoms with Gasteiger partial charge in [-0.25, -0.2) is 4.79 Å². The van der Waals surface area contributed by atoms with Crippen LogP contribution in [0.25, 0.3) is 5.69 Å². The molecular formula is C15H16N3O2S2+. The van der Waals surface area contributed by atoms with Gasteiger partial charge in [0.05, 0.1) is 18.4 Å². The van der Waals surface area contributed by atoms with Crippen LogP contribution in [0.3, 0.4) is 0 Å². The van der Waals surface area contributed by atoms with E-state index in [9.17, 15) is 4.79 Å². The van der Waals surface area contributed by atoms with Crippen molar-refractivity contribution in [2.45, 2.75) is 18.1 Å². The number of aromatic nitrogens is 1. The molecule has 0 saturated heterocycles. The summed E-state index contributed by atoms with van der Waals surface area (Å²) in [5, 5.41) is 8.80. The molecule has 2 aromatic heterocycles. The molecule has 2 rings (SSSR count). The summed E-state index contributed by atoms with van der Waals surface area (Å²) in [6.45, 7) is 4.04. The van der Waals surface area contributed by atoms with Crippen molar-refractivity contribution >= 4 is 34.8 Å². The molecule has 0 aliphatic heterocycles. The molecule has 5 nitrogen and oxygen atoms in total. The van der Waals surface area contributed by atoms with Crippen LogP contribution in [0, 0.1) is 18.3 Å². The Bertz CT molecular complexity index is 718. The minimum atomic E-state index is -0.428. The molecule has 0 aliphatic carbocycles. The molecule has 0 radical (unpaired) electrons. The van der Waals surface area contributed by atoms with Crippen LogP contribution in [0.15, 0.2) is 28.7 Å². The lowest BCUT2D eigenvalue weighted by Crippen LogP contribution is -2.30. The summed E-state index contributed by atoms with van der Waals surface area (Å²) >= 11 is 2.63. The van der Waals surface area contributed by atoms with Gasteiger partial charge >= 0.3 is 5.97 Å². The van der Waals surface area contributed by atoms with Crippen LogP contribution < -0.4 is 10.3 Å². The molecule has 0 unspecified atom stereocenters. The lowest BCUT2D eigenvalue weighted by molar-refractivity contribution is -0.596. The molecule has 0 aromatic carbocycles. The number of esters is 1. The maximum atomic E-state index is 12.0. The van der Waals surface area contributed by atoms with Crippen molar-refractivity contribution in [1.82, 2.24) is 0 Å². The first kappa shape index (κ1) is 16.3. The average molecular weight is 334 g/mol. The standard InChI is InChI=1S/C15H15N3O2S2/c1-3-20-14(19)13-11(17)12(15(22-13)21-9-6-16)18-7-4-10(2)5-8-18/h4-5,7-8H,3,9H2,1-2H3,(H-,17,19)/p+1. The third kappa shape index (κ3) is 3.40. The van der Waals surface area contributed by atoms with E-state index in [1.54, 1.807) is 6.92 Å². The summed E-state index contributed by atoms with van der Waals surface area (Å²) in [6.07, 6.45) is 3.78. The zero-order chi connectivity index (χ0) is 16.1. The molecular weight excluding hydrogens is 318 g/mol. The Kier molecular flexibility index (Phi) is 5.41. The van der Waals surface area contributed by atoms with E-state index in [0.717, 1.165) is 15.5 Å². The molecule has 2 N–H and O–H groups in total. The molecule has 0 atom stereocenters. The number of rotatable bonds is 5. The van der Waals surface area contributed by atoms with Gasteiger partial charge in [-0.2, -0.15) is 9.83 Å². The van der Waals surface area contributed by atoms with Gasteiger partial charge in [-0.3, -0.25) is 0 Å². The smallest absolute Gasteiger partial charge is 0.350 e. The SMILES string of the molecule is CCOC(=O)c1sc(SCC#N)c(-[n+]2ccc(C)cc2)c1N. The van der Waals surface area contributed by atoms with Gasteiger partial charge in [-0.15, -0.1) is 11.3 Å². The average Bonchev–Trinajstić information content (AvgIpc) is 2.83. The first-order valence-electron chi connectivity index (χ1n) is 6.65. The van der Waals surface area contributed by atoms with Crippen LogP contribution in [-0.4, -0.2) is 18.3 Å². The fourth-order valence-electron chi connectivity index (χ4n) is 1.85.